The summed E-state index contributed by atoms with van der Waals surface area (Å²) in [4.78, 5) is 69.3. The summed E-state index contributed by atoms with van der Waals surface area (Å²) in [5.74, 6) is -1.64. The van der Waals surface area contributed by atoms with E-state index >= 15 is 0 Å². The molecule has 62 heavy (non-hydrogen) atoms. The molecule has 3 amide bonds. The van der Waals surface area contributed by atoms with Crippen molar-refractivity contribution in [2.45, 2.75) is 111 Å². The smallest absolute Gasteiger partial charge is 0.410 e. The first-order valence-electron chi connectivity index (χ1n) is 21.8. The van der Waals surface area contributed by atoms with Crippen molar-refractivity contribution in [3.8, 4) is 22.5 Å². The number of carbonyl (C=O) groups is 4. The number of thiazole rings is 1. The molecule has 7 rings (SSSR count). The van der Waals surface area contributed by atoms with Gasteiger partial charge in [0.2, 0.25) is 5.91 Å². The number of carbonyl (C=O) groups excluding carboxylic acids is 4. The first-order chi connectivity index (χ1) is 29.6. The van der Waals surface area contributed by atoms with Gasteiger partial charge in [0.25, 0.3) is 5.91 Å². The van der Waals surface area contributed by atoms with Gasteiger partial charge in [-0.15, -0.1) is 11.3 Å². The molecule has 2 N–H and O–H groups in total. The molecular weight excluding hydrogens is 809 g/mol. The molecule has 2 saturated heterocycles. The number of benzene rings is 1. The number of rotatable bonds is 9. The Morgan fingerprint density at radius 3 is 2.65 bits per heavy atom. The molecule has 334 valence electrons. The van der Waals surface area contributed by atoms with E-state index in [1.165, 1.54) is 21.2 Å². The minimum Gasteiger partial charge on any atom is -0.464 e. The molecule has 3 aliphatic heterocycles. The van der Waals surface area contributed by atoms with Gasteiger partial charge in [-0.25, -0.2) is 15.2 Å². The van der Waals surface area contributed by atoms with E-state index in [1.54, 1.807) is 20.4 Å². The molecule has 0 unspecified atom stereocenters. The maximum atomic E-state index is 14.5. The molecule has 0 saturated carbocycles. The molecule has 6 heterocycles. The fourth-order valence-electron chi connectivity index (χ4n) is 9.08. The topological polar surface area (TPSA) is 160 Å². The molecule has 16 heteroatoms. The number of likely N-dealkylation sites (tertiary alicyclic amines) is 1. The highest BCUT2D eigenvalue weighted by Crippen LogP contribution is 2.42. The van der Waals surface area contributed by atoms with Crippen LogP contribution in [-0.4, -0.2) is 125 Å². The van der Waals surface area contributed by atoms with Gasteiger partial charge >= 0.3 is 12.1 Å². The van der Waals surface area contributed by atoms with Crippen LogP contribution in [0.5, 0.6) is 0 Å². The normalized spacial score (nSPS) is 22.0. The lowest BCUT2D eigenvalue weighted by atomic mass is 9.84. The van der Waals surface area contributed by atoms with Crippen LogP contribution in [-0.2, 0) is 48.0 Å². The maximum absolute atomic E-state index is 14.5. The summed E-state index contributed by atoms with van der Waals surface area (Å²) < 4.78 is 20.0. The van der Waals surface area contributed by atoms with Gasteiger partial charge in [0.1, 0.15) is 24.2 Å². The average molecular weight is 871 g/mol. The van der Waals surface area contributed by atoms with Crippen LogP contribution in [0, 0.1) is 11.3 Å². The SMILES string of the molecule is CCn1c(-c2cccnc2[C@H](C)OC)c2c3cc(ccc31)-c1csc(n1)C[C@H](NC(=O)[C@H](C(C)C)N(C)C(=O)O[C@H]1CCN(C)C1)C(=O)N1CCC[C@H](N1)C(=O)OCC(C)(C)C2. The van der Waals surface area contributed by atoms with Crippen LogP contribution in [0.25, 0.3) is 33.4 Å². The summed E-state index contributed by atoms with van der Waals surface area (Å²) in [5, 5.41) is 8.12. The number of nitrogens with zero attached hydrogens (tertiary/aromatic N) is 6. The van der Waals surface area contributed by atoms with Crippen molar-refractivity contribution < 1.29 is 33.4 Å². The first kappa shape index (κ1) is 45.1. The third-order valence-electron chi connectivity index (χ3n) is 12.4. The Bertz CT molecular complexity index is 2290. The van der Waals surface area contributed by atoms with Crippen molar-refractivity contribution in [1.82, 2.24) is 40.1 Å². The van der Waals surface area contributed by atoms with E-state index in [2.05, 4.69) is 65.2 Å². The summed E-state index contributed by atoms with van der Waals surface area (Å²) in [6.07, 6.45) is 3.13. The summed E-state index contributed by atoms with van der Waals surface area (Å²) in [7, 11) is 5.22. The lowest BCUT2D eigenvalue weighted by Gasteiger charge is -2.36. The summed E-state index contributed by atoms with van der Waals surface area (Å²) in [6.45, 7) is 14.7. The van der Waals surface area contributed by atoms with Gasteiger partial charge in [0.05, 0.1) is 34.8 Å². The number of esters is 1. The quantitative estimate of drug-likeness (QED) is 0.190. The van der Waals surface area contributed by atoms with E-state index in [0.29, 0.717) is 43.9 Å². The summed E-state index contributed by atoms with van der Waals surface area (Å²) in [5.41, 5.74) is 9.33. The van der Waals surface area contributed by atoms with E-state index < -0.39 is 47.4 Å². The highest BCUT2D eigenvalue weighted by Gasteiger charge is 2.39. The highest BCUT2D eigenvalue weighted by molar-refractivity contribution is 7.10. The third kappa shape index (κ3) is 9.53. The van der Waals surface area contributed by atoms with Crippen LogP contribution in [0.3, 0.4) is 0 Å². The molecule has 15 nitrogen and oxygen atoms in total. The highest BCUT2D eigenvalue weighted by atomic mass is 32.1. The monoisotopic (exact) mass is 870 g/mol. The third-order valence-corrected chi connectivity index (χ3v) is 13.2. The van der Waals surface area contributed by atoms with Crippen LogP contribution in [0.4, 0.5) is 4.79 Å². The number of aryl methyl sites for hydroxylation is 1. The fraction of sp³-hybridized carbons (Fsp3) is 0.565. The fourth-order valence-corrected chi connectivity index (χ4v) is 9.93. The maximum Gasteiger partial charge on any atom is 0.410 e. The molecule has 4 aromatic rings. The molecule has 2 fully saturated rings. The van der Waals surface area contributed by atoms with Gasteiger partial charge in [0, 0.05) is 85.8 Å². The van der Waals surface area contributed by atoms with Crippen molar-refractivity contribution >= 4 is 46.1 Å². The zero-order chi connectivity index (χ0) is 44.5. The van der Waals surface area contributed by atoms with Gasteiger partial charge in [-0.1, -0.05) is 33.8 Å². The minimum absolute atomic E-state index is 0.0927. The lowest BCUT2D eigenvalue weighted by molar-refractivity contribution is -0.155. The van der Waals surface area contributed by atoms with Gasteiger partial charge in [-0.2, -0.15) is 0 Å². The minimum atomic E-state index is -1.06. The van der Waals surface area contributed by atoms with Crippen molar-refractivity contribution in [2.75, 3.05) is 47.4 Å². The number of hydrogen-bond acceptors (Lipinski definition) is 12. The number of methoxy groups -OCH3 is 1. The predicted octanol–water partition coefficient (Wildman–Crippen LogP) is 6.00. The second-order valence-electron chi connectivity index (χ2n) is 18.1. The molecule has 0 radical (unpaired) electrons. The molecule has 3 aromatic heterocycles. The van der Waals surface area contributed by atoms with Crippen LogP contribution < -0.4 is 10.7 Å². The Hall–Kier alpha value is -4.90. The summed E-state index contributed by atoms with van der Waals surface area (Å²) >= 11 is 1.42. The molecule has 0 spiro atoms. The number of hydrazine groups is 1. The van der Waals surface area contributed by atoms with E-state index in [0.717, 1.165) is 57.6 Å². The number of amides is 3. The Labute approximate surface area is 368 Å². The molecular formula is C46H62N8O7S. The van der Waals surface area contributed by atoms with Gasteiger partial charge in [-0.05, 0) is 82.3 Å². The number of pyridine rings is 1. The number of fused-ring (bicyclic) bond motifs is 6. The lowest BCUT2D eigenvalue weighted by Crippen LogP contribution is -2.62. The Morgan fingerprint density at radius 1 is 1.15 bits per heavy atom. The standard InChI is InChI=1S/C46H62N8O7S/c1-10-53-37-16-15-29-21-32(37)33(41(53)31-13-11-18-47-39(31)28(4)59-9)23-46(5,6)26-60-44(57)34-14-12-19-54(50-34)43(56)35(22-38-48-36(29)25-62-38)49-42(55)40(27(2)3)52(8)45(58)61-30-17-20-51(7)24-30/h11,13,15-16,18,21,25,27-28,30,34-35,40,50H,10,12,14,17,19-20,22-24,26H2,1-9H3,(H,49,55)/t28-,30-,34-,35-,40-/m0/s1. The number of likely N-dealkylation sites (N-methyl/N-ethyl adjacent to an activating group) is 2. The van der Waals surface area contributed by atoms with Crippen molar-refractivity contribution in [2.24, 2.45) is 11.3 Å². The van der Waals surface area contributed by atoms with Crippen molar-refractivity contribution in [1.29, 1.82) is 0 Å². The van der Waals surface area contributed by atoms with Crippen LogP contribution in [0.1, 0.15) is 83.2 Å². The average Bonchev–Trinajstić information content (AvgIpc) is 3.98. The summed E-state index contributed by atoms with van der Waals surface area (Å²) in [6, 6.07) is 7.68. The van der Waals surface area contributed by atoms with Crippen LogP contribution in [0.2, 0.25) is 0 Å². The number of aromatic nitrogens is 3. The van der Waals surface area contributed by atoms with Crippen molar-refractivity contribution in [3.05, 3.63) is 58.2 Å². The van der Waals surface area contributed by atoms with E-state index in [1.807, 2.05) is 39.3 Å². The number of nitrogens with one attached hydrogen (secondary N) is 2. The van der Waals surface area contributed by atoms with Gasteiger partial charge < -0.3 is 29.0 Å². The second-order valence-corrected chi connectivity index (χ2v) is 19.1. The Morgan fingerprint density at radius 2 is 1.94 bits per heavy atom. The number of cyclic esters (lactones) is 1. The first-order valence-corrected chi connectivity index (χ1v) is 22.7. The number of hydrogen-bond donors (Lipinski definition) is 2. The predicted molar refractivity (Wildman–Crippen MR) is 238 cm³/mol. The van der Waals surface area contributed by atoms with E-state index in [-0.39, 0.29) is 31.2 Å². The van der Waals surface area contributed by atoms with Gasteiger partial charge in [-0.3, -0.25) is 29.3 Å². The van der Waals surface area contributed by atoms with E-state index in [9.17, 15) is 19.2 Å². The van der Waals surface area contributed by atoms with E-state index in [4.69, 9.17) is 24.2 Å². The van der Waals surface area contributed by atoms with Crippen LogP contribution >= 0.6 is 11.3 Å². The molecule has 3 aliphatic rings. The molecule has 1 aromatic carbocycles. The van der Waals surface area contributed by atoms with Crippen LogP contribution in [0.15, 0.2) is 41.9 Å². The second kappa shape index (κ2) is 18.8. The Kier molecular flexibility index (Phi) is 13.7. The molecule has 0 aliphatic carbocycles. The zero-order valence-electron chi connectivity index (χ0n) is 37.5. The molecule has 6 bridgehead atoms. The number of ether oxygens (including phenoxy) is 3. The van der Waals surface area contributed by atoms with Gasteiger partial charge in [0.15, 0.2) is 0 Å². The Balaban J connectivity index is 1.28. The molecule has 5 atom stereocenters. The zero-order valence-corrected chi connectivity index (χ0v) is 38.3. The largest absolute Gasteiger partial charge is 0.464 e. The van der Waals surface area contributed by atoms with Crippen molar-refractivity contribution in [3.63, 3.8) is 0 Å².